The first-order valence-electron chi connectivity index (χ1n) is 15.1. The summed E-state index contributed by atoms with van der Waals surface area (Å²) in [5, 5.41) is 16.4. The van der Waals surface area contributed by atoms with Gasteiger partial charge in [0, 0.05) is 76.3 Å². The number of nitrogens with one attached hydrogen (secondary N) is 2. The number of tetrazole rings is 1. The first kappa shape index (κ1) is 31.2. The van der Waals surface area contributed by atoms with Crippen LogP contribution in [-0.2, 0) is 24.2 Å². The normalized spacial score (nSPS) is 15.1. The van der Waals surface area contributed by atoms with Crippen LogP contribution in [0.15, 0.2) is 54.9 Å². The lowest BCUT2D eigenvalue weighted by atomic mass is 10.0. The molecule has 10 nitrogen and oxygen atoms in total. The third-order valence-electron chi connectivity index (χ3n) is 7.61. The quantitative estimate of drug-likeness (QED) is 0.177. The molecule has 5 aromatic rings. The molecule has 1 saturated heterocycles. The van der Waals surface area contributed by atoms with Crippen molar-refractivity contribution in [3.8, 4) is 22.1 Å². The Balaban J connectivity index is 0.000000390. The number of piperazine rings is 1. The van der Waals surface area contributed by atoms with Crippen molar-refractivity contribution in [1.82, 2.24) is 40.8 Å². The van der Waals surface area contributed by atoms with Gasteiger partial charge < -0.3 is 10.1 Å². The molecule has 0 atom stereocenters. The lowest BCUT2D eigenvalue weighted by Crippen LogP contribution is -2.42. The summed E-state index contributed by atoms with van der Waals surface area (Å²) in [7, 11) is 0. The molecular weight excluding hydrogens is 615 g/mol. The van der Waals surface area contributed by atoms with E-state index in [1.165, 1.54) is 23.0 Å². The molecule has 7 rings (SSSR count). The number of fused-ring (bicyclic) bond motifs is 1. The van der Waals surface area contributed by atoms with E-state index in [0.717, 1.165) is 66.4 Å². The number of carbonyl (C=O) groups excluding carboxylic acids is 1. The lowest BCUT2D eigenvalue weighted by Gasteiger charge is -2.27. The van der Waals surface area contributed by atoms with E-state index in [1.807, 2.05) is 18.3 Å². The molecule has 0 bridgehead atoms. The SMILES string of the molecule is ClCCc1nn[nH]n1.O=C(Cc1ccc(Oc2ccnc3cc(-c4ccc(CN5CCNCC5)cn4)sc23)c(F)c1)CC1CC1. The summed E-state index contributed by atoms with van der Waals surface area (Å²) in [4.78, 5) is 24.8. The highest BCUT2D eigenvalue weighted by Gasteiger charge is 2.24. The van der Waals surface area contributed by atoms with Crippen molar-refractivity contribution in [2.75, 3.05) is 32.1 Å². The van der Waals surface area contributed by atoms with Gasteiger partial charge in [0.15, 0.2) is 17.4 Å². The molecular formula is C32H34ClFN8O2S. The molecule has 1 aliphatic heterocycles. The van der Waals surface area contributed by atoms with Gasteiger partial charge in [-0.2, -0.15) is 5.21 Å². The fourth-order valence-electron chi connectivity index (χ4n) is 5.08. The molecule has 1 saturated carbocycles. The number of benzene rings is 1. The molecule has 2 aliphatic rings. The van der Waals surface area contributed by atoms with Crippen LogP contribution in [0.1, 0.15) is 36.2 Å². The van der Waals surface area contributed by atoms with Gasteiger partial charge in [-0.1, -0.05) is 17.3 Å². The molecule has 2 N–H and O–H groups in total. The van der Waals surface area contributed by atoms with Crippen molar-refractivity contribution in [3.63, 3.8) is 0 Å². The Bertz CT molecular complexity index is 1710. The fraction of sp³-hybridized carbons (Fsp3) is 0.375. The van der Waals surface area contributed by atoms with Crippen LogP contribution in [-0.4, -0.2) is 73.3 Å². The van der Waals surface area contributed by atoms with Gasteiger partial charge in [-0.3, -0.25) is 19.7 Å². The molecule has 13 heteroatoms. The Hall–Kier alpha value is -3.84. The zero-order chi connectivity index (χ0) is 31.0. The summed E-state index contributed by atoms with van der Waals surface area (Å²) < 4.78 is 21.7. The second kappa shape index (κ2) is 15.0. The number of carbonyl (C=O) groups is 1. The van der Waals surface area contributed by atoms with E-state index >= 15 is 0 Å². The summed E-state index contributed by atoms with van der Waals surface area (Å²) in [6, 6.07) is 12.7. The van der Waals surface area contributed by atoms with Crippen molar-refractivity contribution >= 4 is 38.9 Å². The van der Waals surface area contributed by atoms with E-state index < -0.39 is 5.82 Å². The maximum atomic E-state index is 14.9. The van der Waals surface area contributed by atoms with Crippen LogP contribution in [0, 0.1) is 11.7 Å². The van der Waals surface area contributed by atoms with E-state index in [1.54, 1.807) is 24.4 Å². The number of ketones is 1. The zero-order valence-electron chi connectivity index (χ0n) is 24.7. The topological polar surface area (TPSA) is 122 Å². The number of thiophene rings is 1. The van der Waals surface area contributed by atoms with Crippen LogP contribution < -0.4 is 10.1 Å². The molecule has 4 aromatic heterocycles. The van der Waals surface area contributed by atoms with Gasteiger partial charge in [0.05, 0.1) is 20.8 Å². The molecule has 0 spiro atoms. The highest BCUT2D eigenvalue weighted by atomic mass is 35.5. The second-order valence-corrected chi connectivity index (χ2v) is 12.6. The van der Waals surface area contributed by atoms with Crippen molar-refractivity contribution in [2.24, 2.45) is 5.92 Å². The average molecular weight is 649 g/mol. The summed E-state index contributed by atoms with van der Waals surface area (Å²) in [6.07, 6.45) is 7.43. The van der Waals surface area contributed by atoms with Crippen LogP contribution in [0.2, 0.25) is 0 Å². The van der Waals surface area contributed by atoms with Gasteiger partial charge in [-0.05, 0) is 54.2 Å². The molecule has 1 aliphatic carbocycles. The number of hydrogen-bond acceptors (Lipinski definition) is 10. The van der Waals surface area contributed by atoms with Crippen LogP contribution in [0.4, 0.5) is 4.39 Å². The Morgan fingerprint density at radius 3 is 2.62 bits per heavy atom. The number of aromatic nitrogens is 6. The van der Waals surface area contributed by atoms with Crippen molar-refractivity contribution in [3.05, 3.63) is 77.6 Å². The largest absolute Gasteiger partial charge is 0.453 e. The zero-order valence-corrected chi connectivity index (χ0v) is 26.3. The van der Waals surface area contributed by atoms with Gasteiger partial charge in [0.1, 0.15) is 11.5 Å². The van der Waals surface area contributed by atoms with Crippen LogP contribution in [0.25, 0.3) is 20.8 Å². The first-order chi connectivity index (χ1) is 22.0. The van der Waals surface area contributed by atoms with Gasteiger partial charge in [0.25, 0.3) is 0 Å². The maximum Gasteiger partial charge on any atom is 0.175 e. The number of nitrogens with zero attached hydrogens (tertiary/aromatic N) is 6. The van der Waals surface area contributed by atoms with E-state index in [-0.39, 0.29) is 18.0 Å². The Kier molecular flexibility index (Phi) is 10.4. The molecule has 234 valence electrons. The summed E-state index contributed by atoms with van der Waals surface area (Å²) in [5.74, 6) is 2.13. The molecule has 45 heavy (non-hydrogen) atoms. The molecule has 2 fully saturated rings. The van der Waals surface area contributed by atoms with Crippen molar-refractivity contribution in [1.29, 1.82) is 0 Å². The van der Waals surface area contributed by atoms with Crippen molar-refractivity contribution < 1.29 is 13.9 Å². The molecule has 1 aromatic carbocycles. The van der Waals surface area contributed by atoms with E-state index in [2.05, 4.69) is 41.9 Å². The number of pyridine rings is 2. The lowest BCUT2D eigenvalue weighted by molar-refractivity contribution is -0.118. The highest BCUT2D eigenvalue weighted by molar-refractivity contribution is 7.22. The number of aromatic amines is 1. The number of alkyl halides is 1. The Labute approximate surface area is 269 Å². The van der Waals surface area contributed by atoms with Crippen LogP contribution in [0.3, 0.4) is 0 Å². The number of H-pyrrole nitrogens is 1. The van der Waals surface area contributed by atoms with Crippen LogP contribution >= 0.6 is 22.9 Å². The molecule has 0 radical (unpaired) electrons. The summed E-state index contributed by atoms with van der Waals surface area (Å²) >= 11 is 6.90. The van der Waals surface area contributed by atoms with Gasteiger partial charge in [-0.25, -0.2) is 4.39 Å². The predicted octanol–water partition coefficient (Wildman–Crippen LogP) is 5.59. The molecule has 0 unspecified atom stereocenters. The molecule has 0 amide bonds. The minimum absolute atomic E-state index is 0.135. The van der Waals surface area contributed by atoms with Gasteiger partial charge >= 0.3 is 0 Å². The highest BCUT2D eigenvalue weighted by Crippen LogP contribution is 2.39. The minimum Gasteiger partial charge on any atom is -0.453 e. The smallest absolute Gasteiger partial charge is 0.175 e. The number of ether oxygens (including phenoxy) is 1. The predicted molar refractivity (Wildman–Crippen MR) is 172 cm³/mol. The standard InChI is InChI=1S/C29H29FN4O2S.C3H5ClN4/c30-23-15-20(14-22(35)13-19-1-2-19)4-6-26(23)36-27-7-8-32-25-16-28(37-29(25)27)24-5-3-21(17-33-24)18-34-11-9-31-10-12-34;4-2-1-3-5-7-8-6-3/h3-8,15-17,19,31H,1-2,9-14,18H2;1-2H2,(H,5,6,7,8). The van der Waals surface area contributed by atoms with E-state index in [0.29, 0.717) is 41.8 Å². The third kappa shape index (κ3) is 8.66. The van der Waals surface area contributed by atoms with Crippen molar-refractivity contribution in [2.45, 2.75) is 38.6 Å². The first-order valence-corrected chi connectivity index (χ1v) is 16.4. The summed E-state index contributed by atoms with van der Waals surface area (Å²) in [5.41, 5.74) is 3.54. The average Bonchev–Trinajstić information content (AvgIpc) is 3.50. The molecule has 5 heterocycles. The van der Waals surface area contributed by atoms with E-state index in [4.69, 9.17) is 21.3 Å². The summed E-state index contributed by atoms with van der Waals surface area (Å²) in [6.45, 7) is 5.06. The number of halogens is 2. The minimum atomic E-state index is -0.472. The number of Topliss-reactive ketones (excluding diaryl/α,β-unsaturated/α-hetero) is 1. The monoisotopic (exact) mass is 648 g/mol. The fourth-order valence-corrected chi connectivity index (χ4v) is 6.30. The number of hydrogen-bond donors (Lipinski definition) is 2. The maximum absolute atomic E-state index is 14.9. The second-order valence-electron chi connectivity index (χ2n) is 11.2. The Morgan fingerprint density at radius 1 is 1.07 bits per heavy atom. The third-order valence-corrected chi connectivity index (χ3v) is 8.96. The Morgan fingerprint density at radius 2 is 1.91 bits per heavy atom. The van der Waals surface area contributed by atoms with Gasteiger partial charge in [-0.15, -0.1) is 33.1 Å². The van der Waals surface area contributed by atoms with Gasteiger partial charge in [0.2, 0.25) is 0 Å². The van der Waals surface area contributed by atoms with E-state index in [9.17, 15) is 9.18 Å². The number of aryl methyl sites for hydroxylation is 1. The number of rotatable bonds is 11. The van der Waals surface area contributed by atoms with Crippen LogP contribution in [0.5, 0.6) is 11.5 Å².